The van der Waals surface area contributed by atoms with Crippen molar-refractivity contribution in [1.29, 1.82) is 0 Å². The number of aryl methyl sites for hydroxylation is 1. The number of thiophene rings is 1. The van der Waals surface area contributed by atoms with Gasteiger partial charge in [0.1, 0.15) is 11.2 Å². The maximum absolute atomic E-state index is 12.9. The van der Waals surface area contributed by atoms with Gasteiger partial charge >= 0.3 is 12.1 Å². The lowest BCUT2D eigenvalue weighted by atomic mass is 9.73. The number of benzene rings is 1. The number of hydrogen-bond donors (Lipinski definition) is 2. The van der Waals surface area contributed by atoms with Crippen LogP contribution in [0.2, 0.25) is 5.02 Å². The summed E-state index contributed by atoms with van der Waals surface area (Å²) in [5.41, 5.74) is 1.00. The minimum Gasteiger partial charge on any atom is -0.477 e. The van der Waals surface area contributed by atoms with Gasteiger partial charge in [-0.05, 0) is 69.6 Å². The number of fused-ring (bicyclic) bond motifs is 2. The number of rotatable bonds is 4. The van der Waals surface area contributed by atoms with E-state index in [0.717, 1.165) is 46.6 Å². The molecule has 3 aromatic rings. The molecule has 5 rings (SSSR count). The van der Waals surface area contributed by atoms with Gasteiger partial charge in [0, 0.05) is 32.9 Å². The van der Waals surface area contributed by atoms with Gasteiger partial charge in [-0.3, -0.25) is 4.79 Å². The molecule has 2 heterocycles. The number of aromatic carboxylic acids is 1. The molecule has 1 aromatic carbocycles. The quantitative estimate of drug-likeness (QED) is 0.371. The molecule has 2 aromatic heterocycles. The van der Waals surface area contributed by atoms with Gasteiger partial charge < -0.3 is 19.7 Å². The molecular formula is C28H31ClN2O5S. The SMILES string of the molecule is CC(C)(C)OC(=O)NC1c2sc(-c3ccc4c(=O)c(C(=O)O)cn(C5CC5)c4c3Cl)cc2CCC1(C)C. The third-order valence-corrected chi connectivity index (χ3v) is 8.81. The van der Waals surface area contributed by atoms with Gasteiger partial charge in [0.2, 0.25) is 5.43 Å². The van der Waals surface area contributed by atoms with Gasteiger partial charge in [-0.15, -0.1) is 11.3 Å². The van der Waals surface area contributed by atoms with Crippen molar-refractivity contribution in [2.45, 2.75) is 78.0 Å². The lowest BCUT2D eigenvalue weighted by Gasteiger charge is -2.39. The highest BCUT2D eigenvalue weighted by Gasteiger charge is 2.39. The summed E-state index contributed by atoms with van der Waals surface area (Å²) in [5.74, 6) is -1.24. The normalized spacial score (nSPS) is 18.9. The third-order valence-electron chi connectivity index (χ3n) is 7.15. The number of amides is 1. The van der Waals surface area contributed by atoms with Crippen LogP contribution in [0.15, 0.2) is 29.2 Å². The fourth-order valence-corrected chi connectivity index (χ4v) is 6.97. The lowest BCUT2D eigenvalue weighted by molar-refractivity contribution is 0.0445. The number of halogens is 1. The molecule has 0 bridgehead atoms. The number of ether oxygens (including phenoxy) is 1. The molecule has 1 fully saturated rings. The predicted molar refractivity (Wildman–Crippen MR) is 146 cm³/mol. The predicted octanol–water partition coefficient (Wildman–Crippen LogP) is 6.95. The number of pyridine rings is 1. The van der Waals surface area contributed by atoms with Crippen molar-refractivity contribution in [2.75, 3.05) is 0 Å². The molecule has 2 aliphatic carbocycles. The van der Waals surface area contributed by atoms with E-state index in [0.29, 0.717) is 15.9 Å². The van der Waals surface area contributed by atoms with E-state index in [4.69, 9.17) is 16.3 Å². The van der Waals surface area contributed by atoms with Crippen molar-refractivity contribution >= 4 is 45.9 Å². The van der Waals surface area contributed by atoms with Crippen molar-refractivity contribution in [3.05, 3.63) is 55.6 Å². The van der Waals surface area contributed by atoms with Crippen molar-refractivity contribution in [1.82, 2.24) is 9.88 Å². The Labute approximate surface area is 224 Å². The van der Waals surface area contributed by atoms with E-state index in [2.05, 4.69) is 25.2 Å². The van der Waals surface area contributed by atoms with Crippen LogP contribution < -0.4 is 10.7 Å². The molecule has 1 saturated carbocycles. The number of carboxylic acids is 1. The topological polar surface area (TPSA) is 97.6 Å². The molecule has 2 N–H and O–H groups in total. The fraction of sp³-hybridized carbons (Fsp3) is 0.464. The van der Waals surface area contributed by atoms with Crippen molar-refractivity contribution in [3.63, 3.8) is 0 Å². The number of nitrogens with zero attached hydrogens (tertiary/aromatic N) is 1. The molecule has 196 valence electrons. The number of carbonyl (C=O) groups is 2. The highest BCUT2D eigenvalue weighted by Crippen LogP contribution is 2.50. The van der Waals surface area contributed by atoms with E-state index in [1.807, 2.05) is 25.3 Å². The lowest BCUT2D eigenvalue weighted by Crippen LogP contribution is -2.42. The fourth-order valence-electron chi connectivity index (χ4n) is 5.05. The molecule has 0 spiro atoms. The maximum Gasteiger partial charge on any atom is 0.408 e. The van der Waals surface area contributed by atoms with Crippen LogP contribution >= 0.6 is 22.9 Å². The van der Waals surface area contributed by atoms with E-state index < -0.39 is 23.1 Å². The van der Waals surface area contributed by atoms with Crippen LogP contribution in [0, 0.1) is 5.41 Å². The smallest absolute Gasteiger partial charge is 0.408 e. The summed E-state index contributed by atoms with van der Waals surface area (Å²) in [6.07, 6.45) is 4.60. The minimum atomic E-state index is -1.24. The summed E-state index contributed by atoms with van der Waals surface area (Å²) in [7, 11) is 0. The number of alkyl carbamates (subject to hydrolysis) is 1. The van der Waals surface area contributed by atoms with Gasteiger partial charge in [0.15, 0.2) is 0 Å². The Bertz CT molecular complexity index is 1490. The second-order valence-electron chi connectivity index (χ2n) is 11.7. The van der Waals surface area contributed by atoms with E-state index in [1.54, 1.807) is 23.5 Å². The molecule has 7 nitrogen and oxygen atoms in total. The first-order valence-electron chi connectivity index (χ1n) is 12.5. The number of carboxylic acid groups (broad SMARTS) is 1. The Hall–Kier alpha value is -2.84. The third kappa shape index (κ3) is 4.77. The average molecular weight is 543 g/mol. The number of nitrogens with one attached hydrogen (secondary N) is 1. The van der Waals surface area contributed by atoms with Crippen molar-refractivity contribution in [3.8, 4) is 10.4 Å². The van der Waals surface area contributed by atoms with Gasteiger partial charge in [-0.1, -0.05) is 31.5 Å². The zero-order valence-corrected chi connectivity index (χ0v) is 23.2. The largest absolute Gasteiger partial charge is 0.477 e. The maximum atomic E-state index is 12.9. The zero-order valence-electron chi connectivity index (χ0n) is 21.6. The minimum absolute atomic E-state index is 0.133. The summed E-state index contributed by atoms with van der Waals surface area (Å²) in [6, 6.07) is 5.52. The van der Waals surface area contributed by atoms with Crippen LogP contribution in [0.5, 0.6) is 0 Å². The molecule has 1 atom stereocenters. The number of hydrogen-bond acceptors (Lipinski definition) is 5. The summed E-state index contributed by atoms with van der Waals surface area (Å²) in [6.45, 7) is 9.82. The summed E-state index contributed by atoms with van der Waals surface area (Å²) in [4.78, 5) is 39.4. The Morgan fingerprint density at radius 3 is 2.57 bits per heavy atom. The first-order chi connectivity index (χ1) is 17.3. The van der Waals surface area contributed by atoms with Crippen LogP contribution in [-0.2, 0) is 11.2 Å². The zero-order chi connectivity index (χ0) is 26.9. The van der Waals surface area contributed by atoms with Crippen molar-refractivity contribution in [2.24, 2.45) is 5.41 Å². The van der Waals surface area contributed by atoms with Crippen LogP contribution in [0.3, 0.4) is 0 Å². The molecule has 0 aliphatic heterocycles. The van der Waals surface area contributed by atoms with Crippen LogP contribution in [0.4, 0.5) is 4.79 Å². The van der Waals surface area contributed by atoms with E-state index in [9.17, 15) is 19.5 Å². The van der Waals surface area contributed by atoms with E-state index in [-0.39, 0.29) is 23.1 Å². The van der Waals surface area contributed by atoms with E-state index >= 15 is 0 Å². The molecule has 1 amide bonds. The molecule has 1 unspecified atom stereocenters. The summed E-state index contributed by atoms with van der Waals surface area (Å²) in [5, 5.41) is 13.4. The Morgan fingerprint density at radius 1 is 1.24 bits per heavy atom. The molecular weight excluding hydrogens is 512 g/mol. The van der Waals surface area contributed by atoms with Gasteiger partial charge in [0.25, 0.3) is 0 Å². The van der Waals surface area contributed by atoms with Gasteiger partial charge in [0.05, 0.1) is 16.6 Å². The van der Waals surface area contributed by atoms with Gasteiger partial charge in [-0.2, -0.15) is 0 Å². The standard InChI is InChI=1S/C28H31ClN2O5S/c1-27(2,3)36-26(35)30-24-23-14(10-11-28(24,4)5)12-19(37-23)16-8-9-17-21(20(16)29)31(15-6-7-15)13-18(22(17)32)25(33)34/h8-9,12-13,15,24H,6-7,10-11H2,1-5H3,(H,30,35)(H,33,34). The Morgan fingerprint density at radius 2 is 1.95 bits per heavy atom. The first kappa shape index (κ1) is 25.8. The Kier molecular flexibility index (Phi) is 6.19. The second-order valence-corrected chi connectivity index (χ2v) is 13.2. The number of carbonyl (C=O) groups excluding carboxylic acids is 1. The van der Waals surface area contributed by atoms with E-state index in [1.165, 1.54) is 6.20 Å². The highest BCUT2D eigenvalue weighted by atomic mass is 35.5. The first-order valence-corrected chi connectivity index (χ1v) is 13.7. The molecule has 9 heteroatoms. The molecule has 0 radical (unpaired) electrons. The Balaban J connectivity index is 1.60. The van der Waals surface area contributed by atoms with Crippen LogP contribution in [0.1, 0.15) is 86.8 Å². The van der Waals surface area contributed by atoms with Crippen LogP contribution in [0.25, 0.3) is 21.3 Å². The second kappa shape index (κ2) is 8.88. The monoisotopic (exact) mass is 542 g/mol. The molecule has 0 saturated heterocycles. The molecule has 2 aliphatic rings. The van der Waals surface area contributed by atoms with Crippen molar-refractivity contribution < 1.29 is 19.4 Å². The number of aromatic nitrogens is 1. The highest BCUT2D eigenvalue weighted by molar-refractivity contribution is 7.15. The molecule has 37 heavy (non-hydrogen) atoms. The summed E-state index contributed by atoms with van der Waals surface area (Å²) < 4.78 is 7.40. The summed E-state index contributed by atoms with van der Waals surface area (Å²) >= 11 is 8.57. The van der Waals surface area contributed by atoms with Crippen LogP contribution in [-0.4, -0.2) is 27.3 Å². The van der Waals surface area contributed by atoms with Gasteiger partial charge in [-0.25, -0.2) is 9.59 Å². The average Bonchev–Trinajstić information content (AvgIpc) is 3.54.